The maximum atomic E-state index is 6.21. The van der Waals surface area contributed by atoms with Crippen LogP contribution < -0.4 is 10.1 Å². The van der Waals surface area contributed by atoms with Crippen molar-refractivity contribution in [3.05, 3.63) is 11.4 Å². The van der Waals surface area contributed by atoms with Gasteiger partial charge in [0, 0.05) is 13.0 Å². The molecule has 0 aromatic carbocycles. The van der Waals surface area contributed by atoms with Crippen LogP contribution in [0.25, 0.3) is 0 Å². The van der Waals surface area contributed by atoms with Gasteiger partial charge in [0.05, 0.1) is 5.56 Å². The highest BCUT2D eigenvalue weighted by atomic mass is 16.5. The van der Waals surface area contributed by atoms with Crippen LogP contribution in [0.3, 0.4) is 0 Å². The monoisotopic (exact) mass is 277 g/mol. The van der Waals surface area contributed by atoms with E-state index >= 15 is 0 Å². The molecule has 0 spiro atoms. The van der Waals surface area contributed by atoms with Crippen molar-refractivity contribution < 1.29 is 4.74 Å². The molecule has 1 aliphatic rings. The molecular weight excluding hydrogens is 250 g/mol. The maximum absolute atomic E-state index is 6.21. The highest BCUT2D eigenvalue weighted by Crippen LogP contribution is 2.28. The molecule has 1 heterocycles. The van der Waals surface area contributed by atoms with E-state index in [-0.39, 0.29) is 0 Å². The van der Waals surface area contributed by atoms with Gasteiger partial charge in [-0.3, -0.25) is 0 Å². The average molecular weight is 277 g/mol. The van der Waals surface area contributed by atoms with Crippen molar-refractivity contribution in [3.8, 4) is 5.88 Å². The van der Waals surface area contributed by atoms with Crippen molar-refractivity contribution in [3.63, 3.8) is 0 Å². The fourth-order valence-electron chi connectivity index (χ4n) is 2.65. The van der Waals surface area contributed by atoms with Gasteiger partial charge in [-0.05, 0) is 32.6 Å². The fraction of sp³-hybridized carbons (Fsp3) is 0.750. The lowest BCUT2D eigenvalue weighted by Gasteiger charge is -2.20. The van der Waals surface area contributed by atoms with Crippen LogP contribution in [0.2, 0.25) is 0 Å². The average Bonchev–Trinajstić information content (AvgIpc) is 2.69. The van der Waals surface area contributed by atoms with Crippen LogP contribution in [-0.2, 0) is 0 Å². The van der Waals surface area contributed by atoms with E-state index in [0.717, 1.165) is 35.9 Å². The molecule has 4 nitrogen and oxygen atoms in total. The number of hydrogen-bond acceptors (Lipinski definition) is 4. The third-order valence-corrected chi connectivity index (χ3v) is 3.95. The van der Waals surface area contributed by atoms with Crippen LogP contribution >= 0.6 is 0 Å². The summed E-state index contributed by atoms with van der Waals surface area (Å²) in [5.41, 5.74) is 1.01. The Hall–Kier alpha value is -1.32. The summed E-state index contributed by atoms with van der Waals surface area (Å²) in [6.45, 7) is 6.25. The van der Waals surface area contributed by atoms with Gasteiger partial charge in [-0.2, -0.15) is 4.98 Å². The zero-order valence-corrected chi connectivity index (χ0v) is 13.2. The summed E-state index contributed by atoms with van der Waals surface area (Å²) in [5, 5.41) is 3.15. The van der Waals surface area contributed by atoms with Gasteiger partial charge < -0.3 is 10.1 Å². The lowest BCUT2D eigenvalue weighted by molar-refractivity contribution is 0.174. The first kappa shape index (κ1) is 15.1. The molecule has 0 radical (unpaired) electrons. The van der Waals surface area contributed by atoms with Gasteiger partial charge in [-0.25, -0.2) is 4.98 Å². The van der Waals surface area contributed by atoms with Gasteiger partial charge >= 0.3 is 0 Å². The highest BCUT2D eigenvalue weighted by molar-refractivity contribution is 5.48. The lowest BCUT2D eigenvalue weighted by Crippen LogP contribution is -2.18. The van der Waals surface area contributed by atoms with Crippen molar-refractivity contribution >= 4 is 5.82 Å². The normalized spacial score (nSPS) is 17.1. The van der Waals surface area contributed by atoms with Crippen LogP contribution in [0.15, 0.2) is 0 Å². The largest absolute Gasteiger partial charge is 0.474 e. The van der Waals surface area contributed by atoms with E-state index < -0.39 is 0 Å². The van der Waals surface area contributed by atoms with Crippen molar-refractivity contribution in [2.45, 2.75) is 71.3 Å². The van der Waals surface area contributed by atoms with Crippen molar-refractivity contribution in [1.29, 1.82) is 0 Å². The molecule has 112 valence electrons. The fourth-order valence-corrected chi connectivity index (χ4v) is 2.65. The molecule has 0 amide bonds. The maximum Gasteiger partial charge on any atom is 0.222 e. The number of aromatic nitrogens is 2. The summed E-state index contributed by atoms with van der Waals surface area (Å²) in [6.07, 6.45) is 7.82. The Labute approximate surface area is 122 Å². The summed E-state index contributed by atoms with van der Waals surface area (Å²) in [7, 11) is 1.90. The Morgan fingerprint density at radius 3 is 2.30 bits per heavy atom. The van der Waals surface area contributed by atoms with Crippen LogP contribution in [0.1, 0.15) is 69.7 Å². The molecule has 0 atom stereocenters. The van der Waals surface area contributed by atoms with Crippen LogP contribution in [0.5, 0.6) is 5.88 Å². The molecule has 1 aromatic rings. The van der Waals surface area contributed by atoms with Crippen LogP contribution in [0, 0.1) is 6.92 Å². The van der Waals surface area contributed by atoms with E-state index in [2.05, 4.69) is 29.1 Å². The van der Waals surface area contributed by atoms with E-state index in [4.69, 9.17) is 4.74 Å². The zero-order valence-electron chi connectivity index (χ0n) is 13.2. The summed E-state index contributed by atoms with van der Waals surface area (Å²) in [4.78, 5) is 9.19. The Kier molecular flexibility index (Phi) is 5.21. The van der Waals surface area contributed by atoms with E-state index in [1.807, 2.05) is 14.0 Å². The molecule has 20 heavy (non-hydrogen) atoms. The van der Waals surface area contributed by atoms with E-state index in [1.165, 1.54) is 25.7 Å². The number of rotatable bonds is 4. The van der Waals surface area contributed by atoms with Gasteiger partial charge in [0.2, 0.25) is 5.88 Å². The summed E-state index contributed by atoms with van der Waals surface area (Å²) in [6, 6.07) is 0. The molecular formula is C16H27N3O. The van der Waals surface area contributed by atoms with Gasteiger partial charge in [0.25, 0.3) is 0 Å². The molecule has 1 aromatic heterocycles. The molecule has 0 aliphatic heterocycles. The molecule has 1 N–H and O–H groups in total. The summed E-state index contributed by atoms with van der Waals surface area (Å²) >= 11 is 0. The molecule has 1 fully saturated rings. The van der Waals surface area contributed by atoms with Crippen molar-refractivity contribution in [2.75, 3.05) is 12.4 Å². The summed E-state index contributed by atoms with van der Waals surface area (Å²) < 4.78 is 6.21. The number of hydrogen-bond donors (Lipinski definition) is 1. The third-order valence-electron chi connectivity index (χ3n) is 3.95. The Morgan fingerprint density at radius 2 is 1.75 bits per heavy atom. The highest BCUT2D eigenvalue weighted by Gasteiger charge is 2.19. The van der Waals surface area contributed by atoms with Crippen LogP contribution in [-0.4, -0.2) is 23.1 Å². The molecule has 2 rings (SSSR count). The van der Waals surface area contributed by atoms with Crippen molar-refractivity contribution in [1.82, 2.24) is 9.97 Å². The van der Waals surface area contributed by atoms with E-state index in [9.17, 15) is 0 Å². The smallest absolute Gasteiger partial charge is 0.222 e. The standard InChI is InChI=1S/C16H27N3O/c1-11(2)14-18-15(17-4)12(3)16(19-14)20-13-9-7-5-6-8-10-13/h11,13H,5-10H2,1-4H3,(H,17,18,19). The number of nitrogens with zero attached hydrogens (tertiary/aromatic N) is 2. The van der Waals surface area contributed by atoms with Gasteiger partial charge in [0.1, 0.15) is 17.7 Å². The number of ether oxygens (including phenoxy) is 1. The number of anilines is 1. The Bertz CT molecular complexity index is 438. The SMILES string of the molecule is CNc1nc(C(C)C)nc(OC2CCCCCC2)c1C. The van der Waals surface area contributed by atoms with Crippen molar-refractivity contribution in [2.24, 2.45) is 0 Å². The second-order valence-electron chi connectivity index (χ2n) is 6.00. The van der Waals surface area contributed by atoms with Crippen LogP contribution in [0.4, 0.5) is 5.82 Å². The quantitative estimate of drug-likeness (QED) is 0.843. The molecule has 4 heteroatoms. The van der Waals surface area contributed by atoms with Gasteiger partial charge in [-0.15, -0.1) is 0 Å². The summed E-state index contributed by atoms with van der Waals surface area (Å²) in [5.74, 6) is 2.80. The second-order valence-corrected chi connectivity index (χ2v) is 6.00. The van der Waals surface area contributed by atoms with Gasteiger partial charge in [-0.1, -0.05) is 26.7 Å². The van der Waals surface area contributed by atoms with Gasteiger partial charge in [0.15, 0.2) is 0 Å². The molecule has 0 unspecified atom stereocenters. The van der Waals surface area contributed by atoms with E-state index in [0.29, 0.717) is 12.0 Å². The lowest BCUT2D eigenvalue weighted by atomic mass is 10.1. The first-order valence-corrected chi connectivity index (χ1v) is 7.84. The topological polar surface area (TPSA) is 47.0 Å². The minimum Gasteiger partial charge on any atom is -0.474 e. The predicted molar refractivity (Wildman–Crippen MR) is 82.5 cm³/mol. The number of nitrogens with one attached hydrogen (secondary N) is 1. The molecule has 1 aliphatic carbocycles. The Balaban J connectivity index is 2.22. The Morgan fingerprint density at radius 1 is 1.10 bits per heavy atom. The van der Waals surface area contributed by atoms with E-state index in [1.54, 1.807) is 0 Å². The zero-order chi connectivity index (χ0) is 14.5. The minimum absolute atomic E-state index is 0.305. The predicted octanol–water partition coefficient (Wildman–Crippen LogP) is 4.05. The molecule has 1 saturated carbocycles. The second kappa shape index (κ2) is 6.91. The third kappa shape index (κ3) is 3.62. The first-order valence-electron chi connectivity index (χ1n) is 7.84. The minimum atomic E-state index is 0.305. The molecule has 0 bridgehead atoms. The molecule has 0 saturated heterocycles. The first-order chi connectivity index (χ1) is 9.61.